The first kappa shape index (κ1) is 21.2. The maximum absolute atomic E-state index is 10.5. The highest BCUT2D eigenvalue weighted by atomic mass is 32.2. The molecule has 2 aliphatic rings. The van der Waals surface area contributed by atoms with Crippen molar-refractivity contribution in [1.82, 2.24) is 9.80 Å². The lowest BCUT2D eigenvalue weighted by atomic mass is 9.96. The highest BCUT2D eigenvalue weighted by Crippen LogP contribution is 2.36. The predicted molar refractivity (Wildman–Crippen MR) is 125 cm³/mol. The standard InChI is InChI=1S/C24H31N3O2S/c1-16-5-7-19(17(2)13-16)20-8-6-18(14-21(20)29-4)15-22-23(28)25-24(30-22)27-11-9-26(3)10-12-27/h5-8,13-14,22-23,28H,9-12,15H2,1-4H3/t22?,23-/m0/s1. The first-order valence-electron chi connectivity index (χ1n) is 10.5. The van der Waals surface area contributed by atoms with Crippen molar-refractivity contribution in [3.8, 4) is 16.9 Å². The second kappa shape index (κ2) is 9.00. The molecule has 2 atom stereocenters. The van der Waals surface area contributed by atoms with Gasteiger partial charge in [0.1, 0.15) is 5.75 Å². The molecule has 0 spiro atoms. The van der Waals surface area contributed by atoms with Crippen LogP contribution in [0.4, 0.5) is 0 Å². The van der Waals surface area contributed by atoms with E-state index in [9.17, 15) is 5.11 Å². The lowest BCUT2D eigenvalue weighted by Crippen LogP contribution is -2.46. The highest BCUT2D eigenvalue weighted by Gasteiger charge is 2.32. The Kier molecular flexibility index (Phi) is 6.37. The molecule has 2 heterocycles. The van der Waals surface area contributed by atoms with Crippen molar-refractivity contribution < 1.29 is 9.84 Å². The molecule has 5 nitrogen and oxygen atoms in total. The third kappa shape index (κ3) is 4.51. The van der Waals surface area contributed by atoms with Crippen LogP contribution < -0.4 is 4.74 Å². The Bertz CT molecular complexity index is 938. The molecular weight excluding hydrogens is 394 g/mol. The van der Waals surface area contributed by atoms with Gasteiger partial charge in [0.25, 0.3) is 0 Å². The lowest BCUT2D eigenvalue weighted by molar-refractivity contribution is 0.180. The molecular formula is C24H31N3O2S. The van der Waals surface area contributed by atoms with Crippen LogP contribution in [-0.4, -0.2) is 71.9 Å². The third-order valence-electron chi connectivity index (χ3n) is 5.98. The van der Waals surface area contributed by atoms with Gasteiger partial charge in [-0.2, -0.15) is 0 Å². The number of amidine groups is 1. The smallest absolute Gasteiger partial charge is 0.162 e. The minimum Gasteiger partial charge on any atom is -0.496 e. The van der Waals surface area contributed by atoms with Crippen LogP contribution in [0.15, 0.2) is 41.4 Å². The Morgan fingerprint density at radius 3 is 2.50 bits per heavy atom. The molecule has 1 fully saturated rings. The van der Waals surface area contributed by atoms with Crippen LogP contribution in [0.1, 0.15) is 16.7 Å². The van der Waals surface area contributed by atoms with Crippen molar-refractivity contribution in [3.63, 3.8) is 0 Å². The molecule has 0 aliphatic carbocycles. The zero-order valence-corrected chi connectivity index (χ0v) is 19.1. The van der Waals surface area contributed by atoms with E-state index in [0.29, 0.717) is 0 Å². The van der Waals surface area contributed by atoms with E-state index in [0.717, 1.165) is 54.6 Å². The molecule has 2 aliphatic heterocycles. The summed E-state index contributed by atoms with van der Waals surface area (Å²) >= 11 is 1.71. The van der Waals surface area contributed by atoms with E-state index in [-0.39, 0.29) is 5.25 Å². The number of methoxy groups -OCH3 is 1. The van der Waals surface area contributed by atoms with Crippen LogP contribution in [0.25, 0.3) is 11.1 Å². The molecule has 4 rings (SSSR count). The fourth-order valence-corrected chi connectivity index (χ4v) is 5.39. The topological polar surface area (TPSA) is 48.3 Å². The van der Waals surface area contributed by atoms with Gasteiger partial charge in [0.2, 0.25) is 0 Å². The number of hydrogen-bond acceptors (Lipinski definition) is 6. The molecule has 0 bridgehead atoms. The van der Waals surface area contributed by atoms with E-state index >= 15 is 0 Å². The van der Waals surface area contributed by atoms with E-state index in [1.54, 1.807) is 18.9 Å². The Morgan fingerprint density at radius 1 is 1.07 bits per heavy atom. The Labute approximate surface area is 183 Å². The average molecular weight is 426 g/mol. The number of aliphatic hydroxyl groups is 1. The average Bonchev–Trinajstić information content (AvgIpc) is 3.09. The van der Waals surface area contributed by atoms with Gasteiger partial charge in [-0.05, 0) is 50.1 Å². The summed E-state index contributed by atoms with van der Waals surface area (Å²) in [5, 5.41) is 11.6. The Balaban J connectivity index is 1.48. The maximum atomic E-state index is 10.5. The molecule has 2 aromatic carbocycles. The first-order valence-corrected chi connectivity index (χ1v) is 11.4. The molecule has 1 saturated heterocycles. The Morgan fingerprint density at radius 2 is 1.80 bits per heavy atom. The quantitative estimate of drug-likeness (QED) is 0.812. The van der Waals surface area contributed by atoms with Crippen LogP contribution in [0.2, 0.25) is 0 Å². The SMILES string of the molecule is COc1cc(CC2SC(N3CCN(C)CC3)=N[C@H]2O)ccc1-c1ccc(C)cc1C. The second-order valence-electron chi connectivity index (χ2n) is 8.33. The number of nitrogens with zero attached hydrogens (tertiary/aromatic N) is 3. The monoisotopic (exact) mass is 425 g/mol. The van der Waals surface area contributed by atoms with E-state index in [1.807, 2.05) is 0 Å². The lowest BCUT2D eigenvalue weighted by Gasteiger charge is -2.33. The Hall–Kier alpha value is -2.02. The zero-order valence-electron chi connectivity index (χ0n) is 18.3. The minimum atomic E-state index is -0.658. The zero-order chi connectivity index (χ0) is 21.3. The van der Waals surface area contributed by atoms with Gasteiger partial charge in [-0.15, -0.1) is 0 Å². The molecule has 0 aromatic heterocycles. The van der Waals surface area contributed by atoms with Crippen LogP contribution >= 0.6 is 11.8 Å². The summed E-state index contributed by atoms with van der Waals surface area (Å²) in [4.78, 5) is 9.18. The normalized spacial score (nSPS) is 22.3. The van der Waals surface area contributed by atoms with Crippen molar-refractivity contribution in [3.05, 3.63) is 53.1 Å². The summed E-state index contributed by atoms with van der Waals surface area (Å²) in [6.45, 7) is 8.27. The molecule has 0 saturated carbocycles. The molecule has 0 amide bonds. The van der Waals surface area contributed by atoms with Crippen LogP contribution in [-0.2, 0) is 6.42 Å². The van der Waals surface area contributed by atoms with Gasteiger partial charge in [-0.3, -0.25) is 0 Å². The number of rotatable bonds is 4. The maximum Gasteiger partial charge on any atom is 0.162 e. The van der Waals surface area contributed by atoms with Crippen molar-refractivity contribution in [2.75, 3.05) is 40.3 Å². The third-order valence-corrected chi connectivity index (χ3v) is 7.27. The largest absolute Gasteiger partial charge is 0.496 e. The first-order chi connectivity index (χ1) is 14.4. The van der Waals surface area contributed by atoms with E-state index in [1.165, 1.54) is 16.7 Å². The van der Waals surface area contributed by atoms with E-state index in [2.05, 4.69) is 72.1 Å². The van der Waals surface area contributed by atoms with Gasteiger partial charge in [-0.1, -0.05) is 47.7 Å². The van der Waals surface area contributed by atoms with Crippen LogP contribution in [0, 0.1) is 13.8 Å². The van der Waals surface area contributed by atoms with Crippen LogP contribution in [0.3, 0.4) is 0 Å². The van der Waals surface area contributed by atoms with E-state index in [4.69, 9.17) is 4.74 Å². The van der Waals surface area contributed by atoms with Gasteiger partial charge in [0, 0.05) is 31.7 Å². The molecule has 160 valence electrons. The number of aliphatic imine (C=N–C) groups is 1. The number of aryl methyl sites for hydroxylation is 2. The number of thioether (sulfide) groups is 1. The van der Waals surface area contributed by atoms with Crippen molar-refractivity contribution in [2.24, 2.45) is 4.99 Å². The highest BCUT2D eigenvalue weighted by molar-refractivity contribution is 8.14. The van der Waals surface area contributed by atoms with Gasteiger partial charge in [-0.25, -0.2) is 4.99 Å². The summed E-state index contributed by atoms with van der Waals surface area (Å²) in [6, 6.07) is 12.9. The second-order valence-corrected chi connectivity index (χ2v) is 9.54. The molecule has 1 unspecified atom stereocenters. The van der Waals surface area contributed by atoms with Gasteiger partial charge in [0.15, 0.2) is 11.4 Å². The fourth-order valence-electron chi connectivity index (χ4n) is 4.16. The summed E-state index contributed by atoms with van der Waals surface area (Å²) in [6.07, 6.45) is 0.102. The summed E-state index contributed by atoms with van der Waals surface area (Å²) in [7, 11) is 3.87. The molecule has 0 radical (unpaired) electrons. The number of ether oxygens (including phenoxy) is 1. The summed E-state index contributed by atoms with van der Waals surface area (Å²) in [5.74, 6) is 0.872. The fraction of sp³-hybridized carbons (Fsp3) is 0.458. The van der Waals surface area contributed by atoms with E-state index < -0.39 is 6.23 Å². The van der Waals surface area contributed by atoms with Gasteiger partial charge in [0.05, 0.1) is 12.4 Å². The molecule has 30 heavy (non-hydrogen) atoms. The molecule has 6 heteroatoms. The van der Waals surface area contributed by atoms with Crippen molar-refractivity contribution in [2.45, 2.75) is 31.7 Å². The minimum absolute atomic E-state index is 0.0383. The number of benzene rings is 2. The molecule has 1 N–H and O–H groups in total. The van der Waals surface area contributed by atoms with Crippen molar-refractivity contribution >= 4 is 16.9 Å². The van der Waals surface area contributed by atoms with Crippen molar-refractivity contribution in [1.29, 1.82) is 0 Å². The predicted octanol–water partition coefficient (Wildman–Crippen LogP) is 3.56. The summed E-state index contributed by atoms with van der Waals surface area (Å²) < 4.78 is 5.73. The summed E-state index contributed by atoms with van der Waals surface area (Å²) in [5.41, 5.74) is 5.96. The van der Waals surface area contributed by atoms with Gasteiger partial charge < -0.3 is 19.6 Å². The molecule has 2 aromatic rings. The number of aliphatic hydroxyl groups excluding tert-OH is 1. The number of likely N-dealkylation sites (N-methyl/N-ethyl adjacent to an activating group) is 1. The number of hydrogen-bond donors (Lipinski definition) is 1. The number of piperazine rings is 1. The van der Waals surface area contributed by atoms with Gasteiger partial charge >= 0.3 is 0 Å². The van der Waals surface area contributed by atoms with Crippen LogP contribution in [0.5, 0.6) is 5.75 Å².